The van der Waals surface area contributed by atoms with Gasteiger partial charge in [-0.1, -0.05) is 24.3 Å². The highest BCUT2D eigenvalue weighted by molar-refractivity contribution is 5.99. The maximum atomic E-state index is 13.4. The molecule has 2 aromatic rings. The van der Waals surface area contributed by atoms with Gasteiger partial charge >= 0.3 is 0 Å². The minimum atomic E-state index is -0.346. The Morgan fingerprint density at radius 1 is 1.29 bits per heavy atom. The average molecular weight is 283 g/mol. The summed E-state index contributed by atoms with van der Waals surface area (Å²) in [6.07, 6.45) is 6.27. The summed E-state index contributed by atoms with van der Waals surface area (Å²) >= 11 is 0. The number of hydrogen-bond acceptors (Lipinski definition) is 3. The fraction of sp³-hybridized carbons (Fsp3) is 0.0625. The lowest BCUT2D eigenvalue weighted by molar-refractivity contribution is 0.0954. The molecule has 1 N–H and O–H groups in total. The van der Waals surface area contributed by atoms with Gasteiger partial charge in [0.2, 0.25) is 0 Å². The van der Waals surface area contributed by atoms with E-state index in [0.717, 1.165) is 0 Å². The molecule has 0 aliphatic rings. The number of aromatic nitrogens is 1. The number of hydrogen-bond donors (Lipinski definition) is 1. The standard InChI is InChI=1S/C16H14FN3O/c1-12(8-9-13-5-2-3-7-15(13)17)19-20-16(21)14-6-4-10-18-11-14/h2-11H,1H3,(H,20,21)/b9-8+,19-12-. The Hall–Kier alpha value is -2.82. The van der Waals surface area contributed by atoms with E-state index in [1.807, 2.05) is 0 Å². The normalized spacial score (nSPS) is 11.6. The van der Waals surface area contributed by atoms with Gasteiger partial charge in [-0.3, -0.25) is 9.78 Å². The Bertz CT molecular complexity index is 681. The minimum Gasteiger partial charge on any atom is -0.267 e. The first-order valence-electron chi connectivity index (χ1n) is 6.34. The molecule has 0 fully saturated rings. The first-order valence-corrected chi connectivity index (χ1v) is 6.34. The van der Waals surface area contributed by atoms with Gasteiger partial charge in [0, 0.05) is 18.0 Å². The molecule has 0 saturated carbocycles. The van der Waals surface area contributed by atoms with Crippen molar-refractivity contribution >= 4 is 17.7 Å². The first kappa shape index (κ1) is 14.6. The van der Waals surface area contributed by atoms with Gasteiger partial charge in [0.25, 0.3) is 5.91 Å². The van der Waals surface area contributed by atoms with Crippen molar-refractivity contribution < 1.29 is 9.18 Å². The molecule has 0 aliphatic carbocycles. The lowest BCUT2D eigenvalue weighted by Gasteiger charge is -1.99. The number of carbonyl (C=O) groups is 1. The number of rotatable bonds is 4. The maximum absolute atomic E-state index is 13.4. The van der Waals surface area contributed by atoms with Crippen LogP contribution >= 0.6 is 0 Å². The fourth-order valence-corrected chi connectivity index (χ4v) is 1.56. The number of benzene rings is 1. The Balaban J connectivity index is 1.99. The first-order chi connectivity index (χ1) is 10.2. The molecule has 21 heavy (non-hydrogen) atoms. The van der Waals surface area contributed by atoms with Crippen molar-refractivity contribution in [3.63, 3.8) is 0 Å². The third-order valence-electron chi connectivity index (χ3n) is 2.67. The van der Waals surface area contributed by atoms with Gasteiger partial charge in [-0.15, -0.1) is 0 Å². The molecule has 0 radical (unpaired) electrons. The van der Waals surface area contributed by atoms with Crippen LogP contribution < -0.4 is 5.43 Å². The number of halogens is 1. The topological polar surface area (TPSA) is 54.4 Å². The Morgan fingerprint density at radius 3 is 2.81 bits per heavy atom. The molecule has 1 aromatic heterocycles. The summed E-state index contributed by atoms with van der Waals surface area (Å²) in [6, 6.07) is 9.73. The number of nitrogens with one attached hydrogen (secondary N) is 1. The van der Waals surface area contributed by atoms with E-state index in [4.69, 9.17) is 0 Å². The zero-order valence-corrected chi connectivity index (χ0v) is 11.5. The maximum Gasteiger partial charge on any atom is 0.272 e. The average Bonchev–Trinajstić information content (AvgIpc) is 2.52. The molecule has 0 bridgehead atoms. The van der Waals surface area contributed by atoms with Gasteiger partial charge in [0.05, 0.1) is 11.3 Å². The van der Waals surface area contributed by atoms with Crippen LogP contribution in [0.15, 0.2) is 60.0 Å². The fourth-order valence-electron chi connectivity index (χ4n) is 1.56. The van der Waals surface area contributed by atoms with Gasteiger partial charge in [-0.25, -0.2) is 9.82 Å². The van der Waals surface area contributed by atoms with Gasteiger partial charge in [0.15, 0.2) is 0 Å². The summed E-state index contributed by atoms with van der Waals surface area (Å²) in [6.45, 7) is 1.71. The van der Waals surface area contributed by atoms with E-state index >= 15 is 0 Å². The van der Waals surface area contributed by atoms with Crippen molar-refractivity contribution in [1.29, 1.82) is 0 Å². The van der Waals surface area contributed by atoms with Crippen LogP contribution in [0.5, 0.6) is 0 Å². The van der Waals surface area contributed by atoms with Gasteiger partial charge in [-0.2, -0.15) is 5.10 Å². The van der Waals surface area contributed by atoms with Crippen molar-refractivity contribution in [3.8, 4) is 0 Å². The second kappa shape index (κ2) is 7.09. The summed E-state index contributed by atoms with van der Waals surface area (Å²) in [4.78, 5) is 15.6. The summed E-state index contributed by atoms with van der Waals surface area (Å²) in [5.41, 5.74) is 3.85. The Morgan fingerprint density at radius 2 is 2.10 bits per heavy atom. The molecule has 5 heteroatoms. The highest BCUT2D eigenvalue weighted by Gasteiger charge is 2.02. The third-order valence-corrected chi connectivity index (χ3v) is 2.67. The second-order valence-electron chi connectivity index (χ2n) is 4.29. The molecule has 0 unspecified atom stereocenters. The molecular weight excluding hydrogens is 269 g/mol. The lowest BCUT2D eigenvalue weighted by Crippen LogP contribution is -2.18. The number of hydrazone groups is 1. The third kappa shape index (κ3) is 4.35. The van der Waals surface area contributed by atoms with Gasteiger partial charge in [-0.05, 0) is 31.2 Å². The Labute approximate surface area is 122 Å². The van der Waals surface area contributed by atoms with Crippen LogP contribution in [0.4, 0.5) is 4.39 Å². The highest BCUT2D eigenvalue weighted by Crippen LogP contribution is 2.08. The number of carbonyl (C=O) groups excluding carboxylic acids is 1. The molecule has 0 spiro atoms. The summed E-state index contributed by atoms with van der Waals surface area (Å²) in [5.74, 6) is -0.650. The van der Waals surface area contributed by atoms with Crippen LogP contribution in [0.1, 0.15) is 22.8 Å². The van der Waals surface area contributed by atoms with E-state index in [1.165, 1.54) is 12.3 Å². The lowest BCUT2D eigenvalue weighted by atomic mass is 10.2. The predicted octanol–water partition coefficient (Wildman–Crippen LogP) is 3.04. The van der Waals surface area contributed by atoms with Crippen LogP contribution in [0, 0.1) is 5.82 Å². The molecular formula is C16H14FN3O. The molecule has 1 amide bonds. The smallest absolute Gasteiger partial charge is 0.267 e. The molecule has 106 valence electrons. The van der Waals surface area contributed by atoms with Crippen LogP contribution in [0.3, 0.4) is 0 Å². The quantitative estimate of drug-likeness (QED) is 0.692. The molecule has 4 nitrogen and oxygen atoms in total. The van der Waals surface area contributed by atoms with Crippen LogP contribution in [0.25, 0.3) is 6.08 Å². The molecule has 0 atom stereocenters. The number of allylic oxidation sites excluding steroid dienone is 1. The molecule has 1 aromatic carbocycles. The van der Waals surface area contributed by atoms with Crippen LogP contribution in [-0.2, 0) is 0 Å². The van der Waals surface area contributed by atoms with E-state index < -0.39 is 0 Å². The van der Waals surface area contributed by atoms with Crippen molar-refractivity contribution in [2.45, 2.75) is 6.92 Å². The monoisotopic (exact) mass is 283 g/mol. The van der Waals surface area contributed by atoms with Gasteiger partial charge in [0.1, 0.15) is 5.82 Å². The number of amides is 1. The van der Waals surface area contributed by atoms with Crippen molar-refractivity contribution in [2.24, 2.45) is 5.10 Å². The molecule has 2 rings (SSSR count). The molecule has 1 heterocycles. The van der Waals surface area contributed by atoms with E-state index in [-0.39, 0.29) is 11.7 Å². The van der Waals surface area contributed by atoms with Crippen LogP contribution in [-0.4, -0.2) is 16.6 Å². The largest absolute Gasteiger partial charge is 0.272 e. The van der Waals surface area contributed by atoms with Gasteiger partial charge < -0.3 is 0 Å². The summed E-state index contributed by atoms with van der Waals surface area (Å²) in [5, 5.41) is 3.93. The SMILES string of the molecule is CC(/C=C/c1ccccc1F)=N/NC(=O)c1cccnc1. The van der Waals surface area contributed by atoms with E-state index in [9.17, 15) is 9.18 Å². The van der Waals surface area contributed by atoms with E-state index in [2.05, 4.69) is 15.5 Å². The van der Waals surface area contributed by atoms with E-state index in [1.54, 1.807) is 55.6 Å². The highest BCUT2D eigenvalue weighted by atomic mass is 19.1. The number of nitrogens with zero attached hydrogens (tertiary/aromatic N) is 2. The van der Waals surface area contributed by atoms with Crippen molar-refractivity contribution in [1.82, 2.24) is 10.4 Å². The second-order valence-corrected chi connectivity index (χ2v) is 4.29. The zero-order chi connectivity index (χ0) is 15.1. The Kier molecular flexibility index (Phi) is 4.93. The zero-order valence-electron chi connectivity index (χ0n) is 11.5. The van der Waals surface area contributed by atoms with Crippen LogP contribution in [0.2, 0.25) is 0 Å². The van der Waals surface area contributed by atoms with Crippen molar-refractivity contribution in [2.75, 3.05) is 0 Å². The molecule has 0 saturated heterocycles. The minimum absolute atomic E-state index is 0.305. The summed E-state index contributed by atoms with van der Waals surface area (Å²) in [7, 11) is 0. The summed E-state index contributed by atoms with van der Waals surface area (Å²) < 4.78 is 13.4. The number of pyridine rings is 1. The van der Waals surface area contributed by atoms with E-state index in [0.29, 0.717) is 16.8 Å². The predicted molar refractivity (Wildman–Crippen MR) is 80.2 cm³/mol. The van der Waals surface area contributed by atoms with Crippen molar-refractivity contribution in [3.05, 3.63) is 71.8 Å². The molecule has 0 aliphatic heterocycles.